The molecule has 2 aromatic rings. The van der Waals surface area contributed by atoms with Gasteiger partial charge in [0.25, 0.3) is 0 Å². The van der Waals surface area contributed by atoms with Crippen molar-refractivity contribution in [2.75, 3.05) is 11.1 Å². The van der Waals surface area contributed by atoms with Gasteiger partial charge >= 0.3 is 0 Å². The number of carbonyl (C=O) groups excluding carboxylic acids is 1. The number of aromatic nitrogens is 2. The lowest BCUT2D eigenvalue weighted by Gasteiger charge is -2.12. The van der Waals surface area contributed by atoms with Crippen LogP contribution < -0.4 is 11.1 Å². The maximum atomic E-state index is 12.0. The molecule has 0 aliphatic heterocycles. The molecule has 0 saturated heterocycles. The molecule has 0 spiro atoms. The van der Waals surface area contributed by atoms with Gasteiger partial charge in [-0.25, -0.2) is 0 Å². The molecule has 0 aliphatic rings. The van der Waals surface area contributed by atoms with Crippen molar-refractivity contribution >= 4 is 17.3 Å². The topological polar surface area (TPSA) is 72.9 Å². The van der Waals surface area contributed by atoms with E-state index in [0.717, 1.165) is 23.2 Å². The first-order valence-electron chi connectivity index (χ1n) is 6.26. The van der Waals surface area contributed by atoms with Crippen LogP contribution in [-0.4, -0.2) is 15.7 Å². The van der Waals surface area contributed by atoms with Crippen molar-refractivity contribution in [3.8, 4) is 0 Å². The van der Waals surface area contributed by atoms with Crippen LogP contribution in [0.4, 0.5) is 11.4 Å². The minimum Gasteiger partial charge on any atom is -0.396 e. The Morgan fingerprint density at radius 2 is 2.26 bits per heavy atom. The Morgan fingerprint density at radius 1 is 1.47 bits per heavy atom. The van der Waals surface area contributed by atoms with Crippen LogP contribution in [0.5, 0.6) is 0 Å². The van der Waals surface area contributed by atoms with Crippen molar-refractivity contribution in [2.24, 2.45) is 0 Å². The Balaban J connectivity index is 2.11. The summed E-state index contributed by atoms with van der Waals surface area (Å²) >= 11 is 0. The Morgan fingerprint density at radius 3 is 2.89 bits per heavy atom. The molecule has 0 unspecified atom stereocenters. The Labute approximate surface area is 112 Å². The maximum absolute atomic E-state index is 12.0. The smallest absolute Gasteiger partial charge is 0.246 e. The zero-order chi connectivity index (χ0) is 13.8. The van der Waals surface area contributed by atoms with Crippen LogP contribution in [0.3, 0.4) is 0 Å². The fourth-order valence-corrected chi connectivity index (χ4v) is 1.99. The highest BCUT2D eigenvalue weighted by atomic mass is 16.2. The third-order valence-corrected chi connectivity index (χ3v) is 2.96. The van der Waals surface area contributed by atoms with Crippen LogP contribution >= 0.6 is 0 Å². The second-order valence-electron chi connectivity index (χ2n) is 4.48. The first-order valence-corrected chi connectivity index (χ1v) is 6.26. The van der Waals surface area contributed by atoms with Gasteiger partial charge in [0.1, 0.15) is 6.54 Å². The van der Waals surface area contributed by atoms with Crippen molar-refractivity contribution in [1.29, 1.82) is 0 Å². The number of carbonyl (C=O) groups is 1. The van der Waals surface area contributed by atoms with Gasteiger partial charge in [-0.3, -0.25) is 9.48 Å². The quantitative estimate of drug-likeness (QED) is 0.880. The second kappa shape index (κ2) is 5.56. The standard InChI is InChI=1S/C14H18N4O/c1-3-11-6-4-5-10(2)14(11)17-13(19)9-18-8-12(15)7-16-18/h4-8H,3,9,15H2,1-2H3,(H,17,19). The van der Waals surface area contributed by atoms with E-state index in [1.54, 1.807) is 6.20 Å². The van der Waals surface area contributed by atoms with Gasteiger partial charge < -0.3 is 11.1 Å². The number of aryl methyl sites for hydroxylation is 2. The summed E-state index contributed by atoms with van der Waals surface area (Å²) in [4.78, 5) is 12.0. The summed E-state index contributed by atoms with van der Waals surface area (Å²) in [7, 11) is 0. The molecule has 1 heterocycles. The van der Waals surface area contributed by atoms with Crippen LogP contribution in [0, 0.1) is 6.92 Å². The van der Waals surface area contributed by atoms with E-state index in [1.165, 1.54) is 10.9 Å². The molecule has 3 N–H and O–H groups in total. The van der Waals surface area contributed by atoms with E-state index >= 15 is 0 Å². The van der Waals surface area contributed by atoms with E-state index in [-0.39, 0.29) is 12.5 Å². The number of benzene rings is 1. The highest BCUT2D eigenvalue weighted by Crippen LogP contribution is 2.21. The molecule has 5 nitrogen and oxygen atoms in total. The van der Waals surface area contributed by atoms with Gasteiger partial charge in [-0.15, -0.1) is 0 Å². The number of hydrogen-bond acceptors (Lipinski definition) is 3. The van der Waals surface area contributed by atoms with Crippen molar-refractivity contribution in [3.63, 3.8) is 0 Å². The van der Waals surface area contributed by atoms with Crippen LogP contribution in [0.2, 0.25) is 0 Å². The lowest BCUT2D eigenvalue weighted by atomic mass is 10.1. The Kier molecular flexibility index (Phi) is 3.85. The summed E-state index contributed by atoms with van der Waals surface area (Å²) in [6.07, 6.45) is 4.04. The summed E-state index contributed by atoms with van der Waals surface area (Å²) in [6.45, 7) is 4.22. The lowest BCUT2D eigenvalue weighted by molar-refractivity contribution is -0.116. The third-order valence-electron chi connectivity index (χ3n) is 2.96. The van der Waals surface area contributed by atoms with Gasteiger partial charge in [-0.05, 0) is 24.5 Å². The third kappa shape index (κ3) is 3.13. The molecule has 100 valence electrons. The number of nitrogen functional groups attached to an aromatic ring is 1. The molecule has 0 radical (unpaired) electrons. The van der Waals surface area contributed by atoms with Crippen molar-refractivity contribution in [1.82, 2.24) is 9.78 Å². The van der Waals surface area contributed by atoms with Crippen molar-refractivity contribution in [2.45, 2.75) is 26.8 Å². The summed E-state index contributed by atoms with van der Waals surface area (Å²) in [6, 6.07) is 6.01. The zero-order valence-electron chi connectivity index (χ0n) is 11.2. The minimum atomic E-state index is -0.105. The fraction of sp³-hybridized carbons (Fsp3) is 0.286. The molecule has 1 amide bonds. The molecule has 2 rings (SSSR count). The molecule has 1 aromatic carbocycles. The predicted molar refractivity (Wildman–Crippen MR) is 75.8 cm³/mol. The molecule has 0 saturated carbocycles. The molecular weight excluding hydrogens is 240 g/mol. The summed E-state index contributed by atoms with van der Waals surface area (Å²) in [5.74, 6) is -0.105. The number of nitrogens with two attached hydrogens (primary N) is 1. The molecule has 0 bridgehead atoms. The molecule has 0 atom stereocenters. The molecule has 1 aromatic heterocycles. The highest BCUT2D eigenvalue weighted by molar-refractivity contribution is 5.92. The number of amides is 1. The maximum Gasteiger partial charge on any atom is 0.246 e. The number of rotatable bonds is 4. The van der Waals surface area contributed by atoms with Gasteiger partial charge in [-0.1, -0.05) is 25.1 Å². The van der Waals surface area contributed by atoms with Crippen LogP contribution in [-0.2, 0) is 17.8 Å². The first-order chi connectivity index (χ1) is 9.10. The number of hydrogen-bond donors (Lipinski definition) is 2. The number of anilines is 2. The van der Waals surface area contributed by atoms with Gasteiger partial charge in [0, 0.05) is 11.9 Å². The minimum absolute atomic E-state index is 0.105. The summed E-state index contributed by atoms with van der Waals surface area (Å²) in [5, 5.41) is 6.94. The normalized spacial score (nSPS) is 10.4. The molecular formula is C14H18N4O. The molecule has 19 heavy (non-hydrogen) atoms. The van der Waals surface area contributed by atoms with E-state index in [0.29, 0.717) is 5.69 Å². The van der Waals surface area contributed by atoms with Crippen LogP contribution in [0.1, 0.15) is 18.1 Å². The average molecular weight is 258 g/mol. The molecule has 0 aliphatic carbocycles. The first kappa shape index (κ1) is 13.1. The SMILES string of the molecule is CCc1cccc(C)c1NC(=O)Cn1cc(N)cn1. The number of nitrogens with zero attached hydrogens (tertiary/aromatic N) is 2. The predicted octanol–water partition coefficient (Wildman–Crippen LogP) is 1.97. The van der Waals surface area contributed by atoms with Gasteiger partial charge in [0.2, 0.25) is 5.91 Å². The highest BCUT2D eigenvalue weighted by Gasteiger charge is 2.09. The Bertz CT molecular complexity index is 589. The van der Waals surface area contributed by atoms with E-state index < -0.39 is 0 Å². The fourth-order valence-electron chi connectivity index (χ4n) is 1.99. The average Bonchev–Trinajstić information content (AvgIpc) is 2.77. The number of nitrogens with one attached hydrogen (secondary N) is 1. The molecule has 5 heteroatoms. The zero-order valence-corrected chi connectivity index (χ0v) is 11.2. The van der Waals surface area contributed by atoms with Gasteiger partial charge in [0.15, 0.2) is 0 Å². The van der Waals surface area contributed by atoms with Gasteiger partial charge in [-0.2, -0.15) is 5.10 Å². The summed E-state index contributed by atoms with van der Waals surface area (Å²) < 4.78 is 1.52. The Hall–Kier alpha value is -2.30. The second-order valence-corrected chi connectivity index (χ2v) is 4.48. The van der Waals surface area contributed by atoms with Crippen molar-refractivity contribution < 1.29 is 4.79 Å². The van der Waals surface area contributed by atoms with Crippen molar-refractivity contribution in [3.05, 3.63) is 41.7 Å². The van der Waals surface area contributed by atoms with E-state index in [9.17, 15) is 4.79 Å². The van der Waals surface area contributed by atoms with Crippen LogP contribution in [0.25, 0.3) is 0 Å². The van der Waals surface area contributed by atoms with Gasteiger partial charge in [0.05, 0.1) is 11.9 Å². The summed E-state index contributed by atoms with van der Waals surface area (Å²) in [5.41, 5.74) is 9.21. The van der Waals surface area contributed by atoms with E-state index in [1.807, 2.05) is 25.1 Å². The van der Waals surface area contributed by atoms with E-state index in [2.05, 4.69) is 17.3 Å². The van der Waals surface area contributed by atoms with E-state index in [4.69, 9.17) is 5.73 Å². The number of para-hydroxylation sites is 1. The van der Waals surface area contributed by atoms with Crippen LogP contribution in [0.15, 0.2) is 30.6 Å². The lowest BCUT2D eigenvalue weighted by Crippen LogP contribution is -2.20. The monoisotopic (exact) mass is 258 g/mol. The largest absolute Gasteiger partial charge is 0.396 e. The molecule has 0 fully saturated rings.